The Bertz CT molecular complexity index is 1430. The summed E-state index contributed by atoms with van der Waals surface area (Å²) >= 11 is 5.52. The van der Waals surface area contributed by atoms with Crippen LogP contribution in [0.2, 0.25) is 0 Å². The van der Waals surface area contributed by atoms with Crippen molar-refractivity contribution >= 4 is 52.4 Å². The van der Waals surface area contributed by atoms with Gasteiger partial charge in [0, 0.05) is 11.3 Å². The van der Waals surface area contributed by atoms with Gasteiger partial charge in [-0.2, -0.15) is 0 Å². The summed E-state index contributed by atoms with van der Waals surface area (Å²) in [5, 5.41) is 3.71. The minimum Gasteiger partial charge on any atom is -0.497 e. The van der Waals surface area contributed by atoms with Gasteiger partial charge in [0.05, 0.1) is 31.9 Å². The first-order valence-corrected chi connectivity index (χ1v) is 12.0. The summed E-state index contributed by atoms with van der Waals surface area (Å²) in [6.45, 7) is 0. The molecule has 3 amide bonds. The number of carbonyl (C=O) groups excluding carboxylic acids is 4. The molecule has 0 aliphatic carbocycles. The van der Waals surface area contributed by atoms with E-state index in [9.17, 15) is 23.6 Å². The number of amides is 3. The highest BCUT2D eigenvalue weighted by Gasteiger charge is 2.45. The van der Waals surface area contributed by atoms with Crippen LogP contribution in [0.5, 0.6) is 5.75 Å². The van der Waals surface area contributed by atoms with Crippen molar-refractivity contribution in [2.24, 2.45) is 0 Å². The Labute approximate surface area is 228 Å². The predicted molar refractivity (Wildman–Crippen MR) is 144 cm³/mol. The van der Waals surface area contributed by atoms with Gasteiger partial charge in [0.1, 0.15) is 17.6 Å². The van der Waals surface area contributed by atoms with Crippen LogP contribution in [0.25, 0.3) is 0 Å². The number of esters is 1. The molecule has 1 saturated heterocycles. The number of ether oxygens (including phenoxy) is 2. The van der Waals surface area contributed by atoms with Gasteiger partial charge in [-0.25, -0.2) is 14.2 Å². The quantitative estimate of drug-likeness (QED) is 0.324. The molecule has 0 aromatic heterocycles. The van der Waals surface area contributed by atoms with E-state index in [2.05, 4.69) is 15.5 Å². The van der Waals surface area contributed by atoms with Crippen molar-refractivity contribution in [3.63, 3.8) is 0 Å². The molecular weight excluding hydrogens is 527 g/mol. The van der Waals surface area contributed by atoms with Crippen LogP contribution in [0.3, 0.4) is 0 Å². The average molecular weight is 551 g/mol. The third-order valence-electron chi connectivity index (χ3n) is 5.82. The number of hydrazine groups is 1. The lowest BCUT2D eigenvalue weighted by molar-refractivity contribution is -0.124. The second-order valence-electron chi connectivity index (χ2n) is 8.31. The molecule has 1 aliphatic rings. The molecule has 0 radical (unpaired) electrons. The number of hydrogen-bond acceptors (Lipinski definition) is 7. The number of halogens is 1. The van der Waals surface area contributed by atoms with Crippen LogP contribution in [-0.4, -0.2) is 54.1 Å². The minimum absolute atomic E-state index is 0.00189. The van der Waals surface area contributed by atoms with Gasteiger partial charge in [0.15, 0.2) is 0 Å². The van der Waals surface area contributed by atoms with Crippen molar-refractivity contribution in [2.75, 3.05) is 24.4 Å². The van der Waals surface area contributed by atoms with E-state index in [1.54, 1.807) is 24.3 Å². The molecule has 0 bridgehead atoms. The fourth-order valence-electron chi connectivity index (χ4n) is 3.87. The second kappa shape index (κ2) is 11.7. The summed E-state index contributed by atoms with van der Waals surface area (Å²) in [4.78, 5) is 52.2. The lowest BCUT2D eigenvalue weighted by Crippen LogP contribution is -2.49. The number of methoxy groups -OCH3 is 2. The average Bonchev–Trinajstić information content (AvgIpc) is 3.16. The maximum atomic E-state index is 13.7. The largest absolute Gasteiger partial charge is 0.497 e. The van der Waals surface area contributed by atoms with E-state index in [-0.39, 0.29) is 17.1 Å². The van der Waals surface area contributed by atoms with Crippen LogP contribution in [0, 0.1) is 5.82 Å². The summed E-state index contributed by atoms with van der Waals surface area (Å²) < 4.78 is 23.5. The van der Waals surface area contributed by atoms with Gasteiger partial charge in [-0.1, -0.05) is 6.07 Å². The lowest BCUT2D eigenvalue weighted by atomic mass is 10.1. The van der Waals surface area contributed by atoms with Crippen LogP contribution in [0.4, 0.5) is 15.8 Å². The Morgan fingerprint density at radius 2 is 1.67 bits per heavy atom. The first-order chi connectivity index (χ1) is 18.7. The molecule has 0 saturated carbocycles. The maximum absolute atomic E-state index is 13.7. The fraction of sp³-hybridized carbons (Fsp3) is 0.148. The monoisotopic (exact) mass is 550 g/mol. The van der Waals surface area contributed by atoms with Crippen LogP contribution in [0.1, 0.15) is 27.1 Å². The molecule has 0 spiro atoms. The van der Waals surface area contributed by atoms with Gasteiger partial charge in [-0.05, 0) is 78.9 Å². The molecule has 1 aliphatic heterocycles. The minimum atomic E-state index is -1.20. The molecule has 3 aromatic carbocycles. The molecule has 1 heterocycles. The Morgan fingerprint density at radius 1 is 0.974 bits per heavy atom. The first-order valence-electron chi connectivity index (χ1n) is 11.6. The summed E-state index contributed by atoms with van der Waals surface area (Å²) in [5.74, 6) is -2.41. The molecule has 2 N–H and O–H groups in total. The third-order valence-corrected chi connectivity index (χ3v) is 6.20. The normalized spacial score (nSPS) is 14.7. The van der Waals surface area contributed by atoms with E-state index in [1.165, 1.54) is 61.6 Å². The third kappa shape index (κ3) is 6.02. The van der Waals surface area contributed by atoms with Crippen LogP contribution >= 0.6 is 12.2 Å². The zero-order valence-corrected chi connectivity index (χ0v) is 21.7. The Kier molecular flexibility index (Phi) is 8.15. The molecule has 1 unspecified atom stereocenters. The van der Waals surface area contributed by atoms with Crippen LogP contribution in [-0.2, 0) is 14.3 Å². The lowest BCUT2D eigenvalue weighted by Gasteiger charge is -2.24. The van der Waals surface area contributed by atoms with Crippen molar-refractivity contribution in [3.8, 4) is 5.75 Å². The molecule has 12 heteroatoms. The van der Waals surface area contributed by atoms with E-state index in [4.69, 9.17) is 17.0 Å². The Morgan fingerprint density at radius 3 is 2.28 bits per heavy atom. The van der Waals surface area contributed by atoms with Crippen LogP contribution < -0.4 is 20.4 Å². The predicted octanol–water partition coefficient (Wildman–Crippen LogP) is 3.30. The van der Waals surface area contributed by atoms with Crippen molar-refractivity contribution in [2.45, 2.75) is 12.5 Å². The van der Waals surface area contributed by atoms with Gasteiger partial charge >= 0.3 is 5.97 Å². The van der Waals surface area contributed by atoms with Crippen molar-refractivity contribution in [1.82, 2.24) is 10.4 Å². The molecule has 10 nitrogen and oxygen atoms in total. The molecular formula is C27H23FN4O6S. The number of hydrogen-bond donors (Lipinski definition) is 2. The van der Waals surface area contributed by atoms with Gasteiger partial charge in [-0.3, -0.25) is 24.7 Å². The number of rotatable bonds is 8. The van der Waals surface area contributed by atoms with E-state index in [1.807, 2.05) is 0 Å². The van der Waals surface area contributed by atoms with E-state index < -0.39 is 35.5 Å². The molecule has 39 heavy (non-hydrogen) atoms. The number of anilines is 2. The number of thiocarbonyl (C=S) groups is 1. The van der Waals surface area contributed by atoms with Gasteiger partial charge in [-0.15, -0.1) is 0 Å². The molecule has 200 valence electrons. The SMILES string of the molecule is COC(=O)c1ccc(NC(=O)CC2C(=O)N(c3ccc(OC)cc3)C(=S)N2NC(=O)c2cccc(F)c2)cc1. The maximum Gasteiger partial charge on any atom is 0.337 e. The molecule has 1 fully saturated rings. The first kappa shape index (κ1) is 27.2. The summed E-state index contributed by atoms with van der Waals surface area (Å²) in [5.41, 5.74) is 3.62. The zero-order valence-electron chi connectivity index (χ0n) is 20.8. The van der Waals surface area contributed by atoms with E-state index >= 15 is 0 Å². The van der Waals surface area contributed by atoms with Crippen molar-refractivity contribution in [3.05, 3.63) is 89.7 Å². The van der Waals surface area contributed by atoms with Crippen molar-refractivity contribution in [1.29, 1.82) is 0 Å². The Hall–Kier alpha value is -4.84. The van der Waals surface area contributed by atoms with Crippen LogP contribution in [0.15, 0.2) is 72.8 Å². The molecule has 1 atom stereocenters. The van der Waals surface area contributed by atoms with E-state index in [0.717, 1.165) is 11.1 Å². The van der Waals surface area contributed by atoms with Gasteiger partial charge in [0.25, 0.3) is 11.8 Å². The molecule has 4 rings (SSSR count). The second-order valence-corrected chi connectivity index (χ2v) is 8.68. The summed E-state index contributed by atoms with van der Waals surface area (Å²) in [6.07, 6.45) is -0.381. The Balaban J connectivity index is 1.57. The smallest absolute Gasteiger partial charge is 0.337 e. The summed E-state index contributed by atoms with van der Waals surface area (Å²) in [7, 11) is 2.76. The standard InChI is InChI=1S/C27H23FN4O6S/c1-37-21-12-10-20(11-13-21)31-25(35)22(15-23(33)29-19-8-6-16(7-9-19)26(36)38-2)32(27(31)39)30-24(34)17-4-3-5-18(28)14-17/h3-14,22H,15H2,1-2H3,(H,29,33)(H,30,34). The van der Waals surface area contributed by atoms with Gasteiger partial charge < -0.3 is 14.8 Å². The zero-order chi connectivity index (χ0) is 28.1. The number of nitrogens with one attached hydrogen (secondary N) is 2. The molecule has 3 aromatic rings. The van der Waals surface area contributed by atoms with Gasteiger partial charge in [0.2, 0.25) is 11.0 Å². The fourth-order valence-corrected chi connectivity index (χ4v) is 4.24. The van der Waals surface area contributed by atoms with E-state index in [0.29, 0.717) is 22.7 Å². The number of nitrogens with zero attached hydrogens (tertiary/aromatic N) is 2. The topological polar surface area (TPSA) is 117 Å². The highest BCUT2D eigenvalue weighted by Crippen LogP contribution is 2.28. The number of carbonyl (C=O) groups is 4. The number of benzene rings is 3. The highest BCUT2D eigenvalue weighted by atomic mass is 32.1. The highest BCUT2D eigenvalue weighted by molar-refractivity contribution is 7.80. The summed E-state index contributed by atoms with van der Waals surface area (Å²) in [6, 6.07) is 16.3. The van der Waals surface area contributed by atoms with Crippen molar-refractivity contribution < 1.29 is 33.0 Å².